The lowest BCUT2D eigenvalue weighted by Gasteiger charge is -2.28. The van der Waals surface area contributed by atoms with Gasteiger partial charge < -0.3 is 29.1 Å². The molecule has 0 radical (unpaired) electrons. The molecule has 1 fully saturated rings. The number of Topliss-reactive ketones (excluding diaryl/α,β-unsaturated/α-hetero) is 1. The third kappa shape index (κ3) is 4.87. The first kappa shape index (κ1) is 25.1. The minimum Gasteiger partial charge on any atom is -0.507 e. The fraction of sp³-hybridized carbons (Fsp3) is 0.385. The lowest BCUT2D eigenvalue weighted by Crippen LogP contribution is -2.38. The van der Waals surface area contributed by atoms with Crippen LogP contribution in [0.3, 0.4) is 0 Å². The van der Waals surface area contributed by atoms with Gasteiger partial charge in [-0.3, -0.25) is 9.59 Å². The van der Waals surface area contributed by atoms with E-state index in [0.717, 1.165) is 13.1 Å². The zero-order valence-corrected chi connectivity index (χ0v) is 20.3. The van der Waals surface area contributed by atoms with Crippen LogP contribution in [0.2, 0.25) is 0 Å². The van der Waals surface area contributed by atoms with Crippen molar-refractivity contribution in [2.75, 3.05) is 47.5 Å². The SMILES string of the molecule is CCN(CC)CCN1C(=O)C(=O)/C(=C(\O)c2cccc(OC)c2)C1c1ccc(OC)c(OC)c1. The van der Waals surface area contributed by atoms with Crippen molar-refractivity contribution < 1.29 is 28.9 Å². The van der Waals surface area contributed by atoms with Gasteiger partial charge in [-0.1, -0.05) is 32.0 Å². The molecular formula is C26H32N2O6. The van der Waals surface area contributed by atoms with Crippen LogP contribution in [-0.2, 0) is 9.59 Å². The molecule has 0 spiro atoms. The first-order valence-electron chi connectivity index (χ1n) is 11.3. The molecule has 0 aromatic heterocycles. The van der Waals surface area contributed by atoms with Crippen molar-refractivity contribution in [3.63, 3.8) is 0 Å². The molecular weight excluding hydrogens is 436 g/mol. The number of methoxy groups -OCH3 is 3. The van der Waals surface area contributed by atoms with Gasteiger partial charge in [-0.2, -0.15) is 0 Å². The van der Waals surface area contributed by atoms with E-state index in [4.69, 9.17) is 14.2 Å². The van der Waals surface area contributed by atoms with Crippen molar-refractivity contribution in [3.05, 3.63) is 59.2 Å². The predicted molar refractivity (Wildman–Crippen MR) is 129 cm³/mol. The molecule has 34 heavy (non-hydrogen) atoms. The fourth-order valence-electron chi connectivity index (χ4n) is 4.19. The number of hydrogen-bond acceptors (Lipinski definition) is 7. The third-order valence-corrected chi connectivity index (χ3v) is 6.16. The van der Waals surface area contributed by atoms with Crippen molar-refractivity contribution in [3.8, 4) is 17.2 Å². The van der Waals surface area contributed by atoms with Crippen molar-refractivity contribution in [1.82, 2.24) is 9.80 Å². The number of likely N-dealkylation sites (tertiary alicyclic amines) is 1. The average molecular weight is 469 g/mol. The van der Waals surface area contributed by atoms with Gasteiger partial charge in [-0.25, -0.2) is 0 Å². The monoisotopic (exact) mass is 468 g/mol. The van der Waals surface area contributed by atoms with Gasteiger partial charge in [-0.15, -0.1) is 0 Å². The molecule has 2 aromatic carbocycles. The van der Waals surface area contributed by atoms with Crippen LogP contribution in [0.15, 0.2) is 48.0 Å². The summed E-state index contributed by atoms with van der Waals surface area (Å²) < 4.78 is 16.1. The Morgan fingerprint density at radius 2 is 1.68 bits per heavy atom. The summed E-state index contributed by atoms with van der Waals surface area (Å²) in [6.45, 7) is 6.68. The number of amides is 1. The van der Waals surface area contributed by atoms with Crippen molar-refractivity contribution in [2.24, 2.45) is 0 Å². The second kappa shape index (κ2) is 11.1. The highest BCUT2D eigenvalue weighted by atomic mass is 16.5. The summed E-state index contributed by atoms with van der Waals surface area (Å²) in [5, 5.41) is 11.2. The second-order valence-corrected chi connectivity index (χ2v) is 7.87. The lowest BCUT2D eigenvalue weighted by atomic mass is 9.95. The number of aliphatic hydroxyl groups excluding tert-OH is 1. The number of aliphatic hydroxyl groups is 1. The van der Waals surface area contributed by atoms with E-state index >= 15 is 0 Å². The molecule has 3 rings (SSSR count). The van der Waals surface area contributed by atoms with Crippen LogP contribution in [0.1, 0.15) is 31.0 Å². The summed E-state index contributed by atoms with van der Waals surface area (Å²) >= 11 is 0. The number of carbonyl (C=O) groups excluding carboxylic acids is 2. The molecule has 0 saturated carbocycles. The molecule has 2 aromatic rings. The van der Waals surface area contributed by atoms with Gasteiger partial charge in [0.15, 0.2) is 11.5 Å². The Balaban J connectivity index is 2.16. The number of rotatable bonds is 10. The molecule has 1 unspecified atom stereocenters. The molecule has 0 bridgehead atoms. The van der Waals surface area contributed by atoms with E-state index in [9.17, 15) is 14.7 Å². The molecule has 1 aliphatic rings. The maximum Gasteiger partial charge on any atom is 0.295 e. The molecule has 1 heterocycles. The van der Waals surface area contributed by atoms with Gasteiger partial charge in [0, 0.05) is 18.7 Å². The van der Waals surface area contributed by atoms with Gasteiger partial charge >= 0.3 is 0 Å². The number of ketones is 1. The molecule has 1 atom stereocenters. The van der Waals surface area contributed by atoms with Crippen LogP contribution in [0.25, 0.3) is 5.76 Å². The molecule has 1 N–H and O–H groups in total. The molecule has 8 heteroatoms. The highest BCUT2D eigenvalue weighted by molar-refractivity contribution is 6.46. The second-order valence-electron chi connectivity index (χ2n) is 7.87. The zero-order valence-electron chi connectivity index (χ0n) is 20.3. The quantitative estimate of drug-likeness (QED) is 0.324. The van der Waals surface area contributed by atoms with Gasteiger partial charge in [0.05, 0.1) is 32.9 Å². The van der Waals surface area contributed by atoms with Crippen LogP contribution in [-0.4, -0.2) is 74.1 Å². The summed E-state index contributed by atoms with van der Waals surface area (Å²) in [6.07, 6.45) is 0. The summed E-state index contributed by atoms with van der Waals surface area (Å²) in [7, 11) is 4.58. The first-order chi connectivity index (χ1) is 16.4. The zero-order chi connectivity index (χ0) is 24.8. The molecule has 1 aliphatic heterocycles. The molecule has 1 saturated heterocycles. The highest BCUT2D eigenvalue weighted by Gasteiger charge is 2.46. The first-order valence-corrected chi connectivity index (χ1v) is 11.3. The van der Waals surface area contributed by atoms with Gasteiger partial charge in [0.2, 0.25) is 0 Å². The van der Waals surface area contributed by atoms with E-state index in [2.05, 4.69) is 4.90 Å². The Labute approximate surface area is 200 Å². The van der Waals surface area contributed by atoms with E-state index in [0.29, 0.717) is 41.5 Å². The summed E-state index contributed by atoms with van der Waals surface area (Å²) in [5.74, 6) is -0.0873. The summed E-state index contributed by atoms with van der Waals surface area (Å²) in [4.78, 5) is 30.1. The predicted octanol–water partition coefficient (Wildman–Crippen LogP) is 3.48. The van der Waals surface area contributed by atoms with E-state index in [1.807, 2.05) is 13.8 Å². The number of nitrogens with zero attached hydrogens (tertiary/aromatic N) is 2. The maximum absolute atomic E-state index is 13.2. The summed E-state index contributed by atoms with van der Waals surface area (Å²) in [5.41, 5.74) is 1.07. The van der Waals surface area contributed by atoms with Gasteiger partial charge in [0.25, 0.3) is 11.7 Å². The fourth-order valence-corrected chi connectivity index (χ4v) is 4.19. The van der Waals surface area contributed by atoms with E-state index in [1.54, 1.807) is 42.5 Å². The normalized spacial score (nSPS) is 17.4. The summed E-state index contributed by atoms with van der Waals surface area (Å²) in [6, 6.07) is 11.2. The molecule has 1 amide bonds. The van der Waals surface area contributed by atoms with E-state index < -0.39 is 17.7 Å². The standard InChI is InChI=1S/C26H32N2O6/c1-6-27(7-2)13-14-28-23(17-11-12-20(33-4)21(16-17)34-5)22(25(30)26(28)31)24(29)18-9-8-10-19(15-18)32-3/h8-12,15-16,23,29H,6-7,13-14H2,1-5H3/b24-22-. The Morgan fingerprint density at radius 3 is 2.29 bits per heavy atom. The number of likely N-dealkylation sites (N-methyl/N-ethyl adjacent to an activating group) is 1. The van der Waals surface area contributed by atoms with Crippen LogP contribution in [0, 0.1) is 0 Å². The highest BCUT2D eigenvalue weighted by Crippen LogP contribution is 2.42. The lowest BCUT2D eigenvalue weighted by molar-refractivity contribution is -0.140. The number of hydrogen-bond donors (Lipinski definition) is 1. The Hall–Kier alpha value is -3.52. The average Bonchev–Trinajstić information content (AvgIpc) is 3.13. The number of carbonyl (C=O) groups is 2. The van der Waals surface area contributed by atoms with Crippen molar-refractivity contribution in [2.45, 2.75) is 19.9 Å². The Morgan fingerprint density at radius 1 is 0.971 bits per heavy atom. The Bertz CT molecular complexity index is 1080. The molecule has 8 nitrogen and oxygen atoms in total. The minimum absolute atomic E-state index is 0.0324. The van der Waals surface area contributed by atoms with Crippen molar-refractivity contribution >= 4 is 17.4 Å². The van der Waals surface area contributed by atoms with Crippen LogP contribution in [0.4, 0.5) is 0 Å². The number of benzene rings is 2. The topological polar surface area (TPSA) is 88.5 Å². The smallest absolute Gasteiger partial charge is 0.295 e. The maximum atomic E-state index is 13.2. The van der Waals surface area contributed by atoms with Crippen LogP contribution >= 0.6 is 0 Å². The minimum atomic E-state index is -0.776. The largest absolute Gasteiger partial charge is 0.507 e. The van der Waals surface area contributed by atoms with Crippen LogP contribution < -0.4 is 14.2 Å². The van der Waals surface area contributed by atoms with Crippen LogP contribution in [0.5, 0.6) is 17.2 Å². The molecule has 0 aliphatic carbocycles. The van der Waals surface area contributed by atoms with E-state index in [-0.39, 0.29) is 11.3 Å². The van der Waals surface area contributed by atoms with Gasteiger partial charge in [-0.05, 0) is 42.9 Å². The van der Waals surface area contributed by atoms with Crippen molar-refractivity contribution in [1.29, 1.82) is 0 Å². The Kier molecular flexibility index (Phi) is 8.17. The van der Waals surface area contributed by atoms with Gasteiger partial charge in [0.1, 0.15) is 11.5 Å². The number of ether oxygens (including phenoxy) is 3. The third-order valence-electron chi connectivity index (χ3n) is 6.16. The molecule has 182 valence electrons. The van der Waals surface area contributed by atoms with E-state index in [1.165, 1.54) is 26.2 Å².